The SMILES string of the molecule is CCC(c1nnnn1CC1CCCO1)N(Cc1cc2cccc(C)c2[nH]c1=O)C1CCCCC1. The molecule has 2 atom stereocenters. The molecule has 2 aliphatic rings. The summed E-state index contributed by atoms with van der Waals surface area (Å²) >= 11 is 0. The average molecular weight is 465 g/mol. The summed E-state index contributed by atoms with van der Waals surface area (Å²) < 4.78 is 7.80. The summed E-state index contributed by atoms with van der Waals surface area (Å²) in [6.07, 6.45) is 9.24. The summed E-state index contributed by atoms with van der Waals surface area (Å²) in [5, 5.41) is 13.9. The molecule has 0 spiro atoms. The monoisotopic (exact) mass is 464 g/mol. The van der Waals surface area contributed by atoms with E-state index in [4.69, 9.17) is 4.74 Å². The van der Waals surface area contributed by atoms with E-state index in [0.717, 1.165) is 66.6 Å². The minimum atomic E-state index is -0.00332. The normalized spacial score (nSPS) is 20.4. The second-order valence-electron chi connectivity index (χ2n) is 9.91. The molecule has 1 saturated heterocycles. The first-order chi connectivity index (χ1) is 16.6. The first-order valence-electron chi connectivity index (χ1n) is 12.9. The Kier molecular flexibility index (Phi) is 7.06. The highest BCUT2D eigenvalue weighted by molar-refractivity contribution is 5.81. The second kappa shape index (κ2) is 10.4. The molecule has 182 valence electrons. The maximum atomic E-state index is 13.2. The van der Waals surface area contributed by atoms with E-state index in [2.05, 4.69) is 44.5 Å². The van der Waals surface area contributed by atoms with E-state index in [9.17, 15) is 4.79 Å². The smallest absolute Gasteiger partial charge is 0.252 e. The van der Waals surface area contributed by atoms with Crippen LogP contribution in [0.15, 0.2) is 29.1 Å². The Morgan fingerprint density at radius 3 is 2.82 bits per heavy atom. The highest BCUT2D eigenvalue weighted by Crippen LogP contribution is 2.33. The van der Waals surface area contributed by atoms with E-state index < -0.39 is 0 Å². The molecule has 1 N–H and O–H groups in total. The van der Waals surface area contributed by atoms with Crippen molar-refractivity contribution in [3.63, 3.8) is 0 Å². The van der Waals surface area contributed by atoms with Gasteiger partial charge in [0.25, 0.3) is 5.56 Å². The van der Waals surface area contributed by atoms with Crippen LogP contribution in [0.1, 0.15) is 81.3 Å². The van der Waals surface area contributed by atoms with E-state index in [1.54, 1.807) is 0 Å². The molecular formula is C26H36N6O2. The number of benzene rings is 1. The lowest BCUT2D eigenvalue weighted by atomic mass is 9.92. The van der Waals surface area contributed by atoms with Gasteiger partial charge in [-0.1, -0.05) is 44.4 Å². The first kappa shape index (κ1) is 23.2. The van der Waals surface area contributed by atoms with Crippen molar-refractivity contribution in [2.24, 2.45) is 0 Å². The van der Waals surface area contributed by atoms with Crippen LogP contribution < -0.4 is 5.56 Å². The number of nitrogens with one attached hydrogen (secondary N) is 1. The molecule has 3 heterocycles. The molecule has 2 aromatic heterocycles. The summed E-state index contributed by atoms with van der Waals surface area (Å²) in [6.45, 7) is 6.33. The minimum absolute atomic E-state index is 0.00332. The zero-order chi connectivity index (χ0) is 23.5. The highest BCUT2D eigenvalue weighted by atomic mass is 16.5. The molecule has 1 aromatic carbocycles. The predicted octanol–water partition coefficient (Wildman–Crippen LogP) is 4.29. The third kappa shape index (κ3) is 4.79. The van der Waals surface area contributed by atoms with E-state index in [1.807, 2.05) is 23.7 Å². The molecule has 5 rings (SSSR count). The lowest BCUT2D eigenvalue weighted by molar-refractivity contribution is 0.0734. The maximum absolute atomic E-state index is 13.2. The molecular weight excluding hydrogens is 428 g/mol. The molecule has 2 fully saturated rings. The standard InChI is InChI=1S/C26H36N6O2/c1-3-23(25-28-29-30-32(25)17-22-13-8-14-34-22)31(21-11-5-4-6-12-21)16-20-15-19-10-7-9-18(2)24(19)27-26(20)33/h7,9-10,15,21-23H,3-6,8,11-14,16-17H2,1-2H3,(H,27,33). The number of nitrogens with zero attached hydrogens (tertiary/aromatic N) is 5. The molecule has 8 nitrogen and oxygen atoms in total. The first-order valence-corrected chi connectivity index (χ1v) is 12.9. The Balaban J connectivity index is 1.49. The van der Waals surface area contributed by atoms with Gasteiger partial charge in [0.2, 0.25) is 0 Å². The van der Waals surface area contributed by atoms with Crippen molar-refractivity contribution >= 4 is 10.9 Å². The molecule has 34 heavy (non-hydrogen) atoms. The van der Waals surface area contributed by atoms with Crippen LogP contribution in [0.25, 0.3) is 10.9 Å². The summed E-state index contributed by atoms with van der Waals surface area (Å²) in [6, 6.07) is 8.69. The third-order valence-electron chi connectivity index (χ3n) is 7.61. The quantitative estimate of drug-likeness (QED) is 0.535. The molecule has 8 heteroatoms. The van der Waals surface area contributed by atoms with Crippen LogP contribution in [-0.4, -0.2) is 48.8 Å². The molecule has 1 saturated carbocycles. The van der Waals surface area contributed by atoms with Gasteiger partial charge in [0.1, 0.15) is 0 Å². The van der Waals surface area contributed by atoms with Gasteiger partial charge in [0.05, 0.1) is 24.2 Å². The van der Waals surface area contributed by atoms with Crippen molar-refractivity contribution in [2.45, 2.75) is 96.5 Å². The van der Waals surface area contributed by atoms with Crippen molar-refractivity contribution in [1.29, 1.82) is 0 Å². The number of hydrogen-bond acceptors (Lipinski definition) is 6. The fourth-order valence-corrected chi connectivity index (χ4v) is 5.78. The number of fused-ring (bicyclic) bond motifs is 1. The van der Waals surface area contributed by atoms with Crippen LogP contribution in [0, 0.1) is 6.92 Å². The van der Waals surface area contributed by atoms with Gasteiger partial charge in [-0.05, 0) is 66.5 Å². The Labute approximate surface area is 200 Å². The number of hydrogen-bond donors (Lipinski definition) is 1. The van der Waals surface area contributed by atoms with Crippen LogP contribution in [0.2, 0.25) is 0 Å². The summed E-state index contributed by atoms with van der Waals surface area (Å²) in [5.74, 6) is 0.886. The fraction of sp³-hybridized carbons (Fsp3) is 0.615. The Morgan fingerprint density at radius 1 is 1.21 bits per heavy atom. The summed E-state index contributed by atoms with van der Waals surface area (Å²) in [5.41, 5.74) is 2.81. The number of para-hydroxylation sites is 1. The van der Waals surface area contributed by atoms with Crippen LogP contribution >= 0.6 is 0 Å². The summed E-state index contributed by atoms with van der Waals surface area (Å²) in [7, 11) is 0. The lowest BCUT2D eigenvalue weighted by Crippen LogP contribution is -2.41. The Hall–Kier alpha value is -2.58. The van der Waals surface area contributed by atoms with E-state index in [0.29, 0.717) is 19.1 Å². The van der Waals surface area contributed by atoms with Crippen molar-refractivity contribution in [3.05, 3.63) is 51.6 Å². The van der Waals surface area contributed by atoms with Crippen LogP contribution in [0.5, 0.6) is 0 Å². The van der Waals surface area contributed by atoms with Crippen LogP contribution in [0.4, 0.5) is 0 Å². The highest BCUT2D eigenvalue weighted by Gasteiger charge is 2.32. The Morgan fingerprint density at radius 2 is 2.06 bits per heavy atom. The zero-order valence-electron chi connectivity index (χ0n) is 20.4. The van der Waals surface area contributed by atoms with Gasteiger partial charge < -0.3 is 9.72 Å². The molecule has 1 aliphatic carbocycles. The van der Waals surface area contributed by atoms with Gasteiger partial charge in [-0.2, -0.15) is 0 Å². The number of ether oxygens (including phenoxy) is 1. The number of H-pyrrole nitrogens is 1. The number of tetrazole rings is 1. The van der Waals surface area contributed by atoms with Crippen molar-refractivity contribution in [2.75, 3.05) is 6.61 Å². The Bertz CT molecular complexity index is 1160. The maximum Gasteiger partial charge on any atom is 0.252 e. The predicted molar refractivity (Wildman–Crippen MR) is 132 cm³/mol. The lowest BCUT2D eigenvalue weighted by Gasteiger charge is -2.39. The molecule has 0 amide bonds. The van der Waals surface area contributed by atoms with Gasteiger partial charge >= 0.3 is 0 Å². The van der Waals surface area contributed by atoms with Gasteiger partial charge in [0, 0.05) is 24.8 Å². The van der Waals surface area contributed by atoms with Crippen molar-refractivity contribution in [3.8, 4) is 0 Å². The molecule has 0 bridgehead atoms. The van der Waals surface area contributed by atoms with Crippen molar-refractivity contribution in [1.82, 2.24) is 30.1 Å². The third-order valence-corrected chi connectivity index (χ3v) is 7.61. The van der Waals surface area contributed by atoms with Gasteiger partial charge in [-0.15, -0.1) is 5.10 Å². The molecule has 2 unspecified atom stereocenters. The largest absolute Gasteiger partial charge is 0.376 e. The van der Waals surface area contributed by atoms with Gasteiger partial charge in [-0.25, -0.2) is 4.68 Å². The topological polar surface area (TPSA) is 88.9 Å². The number of aryl methyl sites for hydroxylation is 1. The fourth-order valence-electron chi connectivity index (χ4n) is 5.78. The van der Waals surface area contributed by atoms with E-state index >= 15 is 0 Å². The number of pyridine rings is 1. The summed E-state index contributed by atoms with van der Waals surface area (Å²) in [4.78, 5) is 18.8. The van der Waals surface area contributed by atoms with Gasteiger partial charge in [-0.3, -0.25) is 9.69 Å². The minimum Gasteiger partial charge on any atom is -0.376 e. The van der Waals surface area contributed by atoms with E-state index in [-0.39, 0.29) is 17.7 Å². The molecule has 1 aliphatic heterocycles. The number of aromatic nitrogens is 5. The second-order valence-corrected chi connectivity index (χ2v) is 9.91. The van der Waals surface area contributed by atoms with Crippen LogP contribution in [-0.2, 0) is 17.8 Å². The molecule has 0 radical (unpaired) electrons. The number of rotatable bonds is 8. The zero-order valence-corrected chi connectivity index (χ0v) is 20.4. The average Bonchev–Trinajstić information content (AvgIpc) is 3.53. The van der Waals surface area contributed by atoms with Gasteiger partial charge in [0.15, 0.2) is 5.82 Å². The van der Waals surface area contributed by atoms with E-state index in [1.165, 1.54) is 19.3 Å². The van der Waals surface area contributed by atoms with Crippen molar-refractivity contribution < 1.29 is 4.74 Å². The van der Waals surface area contributed by atoms with Crippen LogP contribution in [0.3, 0.4) is 0 Å². The number of aromatic amines is 1. The molecule has 3 aromatic rings.